The zero-order valence-electron chi connectivity index (χ0n) is 14.5. The first-order valence-electron chi connectivity index (χ1n) is 8.54. The molecular formula is C17H32N2O3. The molecule has 128 valence electrons. The summed E-state index contributed by atoms with van der Waals surface area (Å²) in [5, 5.41) is 5.86. The summed E-state index contributed by atoms with van der Waals surface area (Å²) in [6.07, 6.45) is 5.14. The highest BCUT2D eigenvalue weighted by atomic mass is 16.5. The van der Waals surface area contributed by atoms with Crippen LogP contribution in [0.15, 0.2) is 0 Å². The molecule has 0 bridgehead atoms. The molecule has 1 rings (SSSR count). The van der Waals surface area contributed by atoms with Crippen LogP contribution in [0.2, 0.25) is 0 Å². The van der Waals surface area contributed by atoms with Gasteiger partial charge in [0.25, 0.3) is 0 Å². The van der Waals surface area contributed by atoms with Gasteiger partial charge >= 0.3 is 0 Å². The van der Waals surface area contributed by atoms with E-state index in [2.05, 4.69) is 17.6 Å². The molecule has 0 spiro atoms. The molecule has 1 aliphatic carbocycles. The molecule has 2 amide bonds. The normalized spacial score (nSPS) is 23.1. The molecule has 0 saturated heterocycles. The molecule has 0 aromatic rings. The van der Waals surface area contributed by atoms with E-state index >= 15 is 0 Å². The minimum atomic E-state index is -0.454. The Bertz CT molecular complexity index is 358. The van der Waals surface area contributed by atoms with Gasteiger partial charge in [0.15, 0.2) is 0 Å². The molecule has 1 aliphatic rings. The molecule has 1 saturated carbocycles. The quantitative estimate of drug-likeness (QED) is 0.675. The number of hydrogen-bond donors (Lipinski definition) is 2. The molecule has 0 aromatic heterocycles. The van der Waals surface area contributed by atoms with Gasteiger partial charge in [-0.2, -0.15) is 0 Å². The third kappa shape index (κ3) is 5.95. The van der Waals surface area contributed by atoms with Gasteiger partial charge in [0, 0.05) is 26.2 Å². The van der Waals surface area contributed by atoms with Crippen molar-refractivity contribution in [2.45, 2.75) is 58.9 Å². The molecule has 22 heavy (non-hydrogen) atoms. The first-order chi connectivity index (χ1) is 10.5. The number of amides is 2. The van der Waals surface area contributed by atoms with Gasteiger partial charge in [0.1, 0.15) is 6.04 Å². The molecule has 2 N–H and O–H groups in total. The maximum absolute atomic E-state index is 12.5. The molecule has 0 unspecified atom stereocenters. The van der Waals surface area contributed by atoms with Crippen LogP contribution in [0.3, 0.4) is 0 Å². The Morgan fingerprint density at radius 1 is 1.23 bits per heavy atom. The van der Waals surface area contributed by atoms with Gasteiger partial charge in [-0.15, -0.1) is 0 Å². The summed E-state index contributed by atoms with van der Waals surface area (Å²) in [5.74, 6) is 0.480. The summed E-state index contributed by atoms with van der Waals surface area (Å²) >= 11 is 0. The van der Waals surface area contributed by atoms with Crippen LogP contribution in [0, 0.1) is 17.8 Å². The summed E-state index contributed by atoms with van der Waals surface area (Å²) in [7, 11) is 1.64. The summed E-state index contributed by atoms with van der Waals surface area (Å²) in [4.78, 5) is 24.8. The molecular weight excluding hydrogens is 280 g/mol. The SMILES string of the molecule is COCCCNC(=O)[C@H](NC(=O)[C@@H]1CCCC[C@H]1C)C(C)C. The van der Waals surface area contributed by atoms with Gasteiger partial charge < -0.3 is 15.4 Å². The Kier molecular flexibility index (Phi) is 8.46. The maximum atomic E-state index is 12.5. The molecule has 5 heteroatoms. The molecule has 0 radical (unpaired) electrons. The monoisotopic (exact) mass is 312 g/mol. The average Bonchev–Trinajstić information content (AvgIpc) is 2.49. The largest absolute Gasteiger partial charge is 0.385 e. The lowest BCUT2D eigenvalue weighted by atomic mass is 9.79. The number of rotatable bonds is 8. The first-order valence-corrected chi connectivity index (χ1v) is 8.54. The Balaban J connectivity index is 2.51. The van der Waals surface area contributed by atoms with E-state index in [0.717, 1.165) is 25.7 Å². The fourth-order valence-corrected chi connectivity index (χ4v) is 3.04. The van der Waals surface area contributed by atoms with Crippen molar-refractivity contribution in [1.29, 1.82) is 0 Å². The fourth-order valence-electron chi connectivity index (χ4n) is 3.04. The minimum Gasteiger partial charge on any atom is -0.385 e. The van der Waals surface area contributed by atoms with Crippen molar-refractivity contribution in [1.82, 2.24) is 10.6 Å². The van der Waals surface area contributed by atoms with Gasteiger partial charge in [-0.25, -0.2) is 0 Å². The fraction of sp³-hybridized carbons (Fsp3) is 0.882. The van der Waals surface area contributed by atoms with Crippen LogP contribution < -0.4 is 10.6 Å². The molecule has 1 fully saturated rings. The average molecular weight is 312 g/mol. The maximum Gasteiger partial charge on any atom is 0.242 e. The van der Waals surface area contributed by atoms with Crippen molar-refractivity contribution < 1.29 is 14.3 Å². The van der Waals surface area contributed by atoms with Crippen molar-refractivity contribution in [3.63, 3.8) is 0 Å². The molecule has 0 aromatic carbocycles. The Hall–Kier alpha value is -1.10. The highest BCUT2D eigenvalue weighted by Crippen LogP contribution is 2.29. The lowest BCUT2D eigenvalue weighted by Crippen LogP contribution is -2.52. The zero-order valence-corrected chi connectivity index (χ0v) is 14.5. The molecule has 5 nitrogen and oxygen atoms in total. The summed E-state index contributed by atoms with van der Waals surface area (Å²) < 4.78 is 4.97. The highest BCUT2D eigenvalue weighted by Gasteiger charge is 2.31. The van der Waals surface area contributed by atoms with Crippen molar-refractivity contribution in [3.05, 3.63) is 0 Å². The number of carbonyl (C=O) groups excluding carboxylic acids is 2. The van der Waals surface area contributed by atoms with Crippen LogP contribution in [0.25, 0.3) is 0 Å². The smallest absolute Gasteiger partial charge is 0.242 e. The van der Waals surface area contributed by atoms with Crippen LogP contribution in [0.5, 0.6) is 0 Å². The van der Waals surface area contributed by atoms with Gasteiger partial charge in [-0.05, 0) is 31.1 Å². The van der Waals surface area contributed by atoms with Crippen LogP contribution in [-0.2, 0) is 14.3 Å². The Labute approximate surface area is 134 Å². The van der Waals surface area contributed by atoms with Crippen LogP contribution in [0.4, 0.5) is 0 Å². The summed E-state index contributed by atoms with van der Waals surface area (Å²) in [5.41, 5.74) is 0. The summed E-state index contributed by atoms with van der Waals surface area (Å²) in [6, 6.07) is -0.454. The van der Waals surface area contributed by atoms with E-state index in [9.17, 15) is 9.59 Å². The molecule has 0 heterocycles. The van der Waals surface area contributed by atoms with E-state index in [1.807, 2.05) is 13.8 Å². The number of ether oxygens (including phenoxy) is 1. The van der Waals surface area contributed by atoms with Gasteiger partial charge in [0.2, 0.25) is 11.8 Å². The van der Waals surface area contributed by atoms with Gasteiger partial charge in [0.05, 0.1) is 0 Å². The zero-order chi connectivity index (χ0) is 16.5. The lowest BCUT2D eigenvalue weighted by molar-refractivity contribution is -0.133. The van der Waals surface area contributed by atoms with Crippen LogP contribution in [-0.4, -0.2) is 38.1 Å². The third-order valence-electron chi connectivity index (χ3n) is 4.52. The van der Waals surface area contributed by atoms with E-state index in [4.69, 9.17) is 4.74 Å². The van der Waals surface area contributed by atoms with Crippen LogP contribution >= 0.6 is 0 Å². The van der Waals surface area contributed by atoms with Crippen molar-refractivity contribution in [2.24, 2.45) is 17.8 Å². The lowest BCUT2D eigenvalue weighted by Gasteiger charge is -2.30. The van der Waals surface area contributed by atoms with Gasteiger partial charge in [-0.1, -0.05) is 33.6 Å². The molecule has 3 atom stereocenters. The van der Waals surface area contributed by atoms with E-state index in [1.165, 1.54) is 6.42 Å². The number of methoxy groups -OCH3 is 1. The minimum absolute atomic E-state index is 0.0398. The van der Waals surface area contributed by atoms with Crippen molar-refractivity contribution >= 4 is 11.8 Å². The second kappa shape index (κ2) is 9.82. The van der Waals surface area contributed by atoms with Gasteiger partial charge in [-0.3, -0.25) is 9.59 Å². The standard InChI is InChI=1S/C17H32N2O3/c1-12(2)15(17(21)18-10-7-11-22-4)19-16(20)14-9-6-5-8-13(14)3/h12-15H,5-11H2,1-4H3,(H,18,21)(H,19,20)/t13-,14-,15-/m1/s1. The second-order valence-electron chi connectivity index (χ2n) is 6.74. The van der Waals surface area contributed by atoms with E-state index in [1.54, 1.807) is 7.11 Å². The predicted molar refractivity (Wildman–Crippen MR) is 87.4 cm³/mol. The third-order valence-corrected chi connectivity index (χ3v) is 4.52. The van der Waals surface area contributed by atoms with E-state index < -0.39 is 6.04 Å². The van der Waals surface area contributed by atoms with E-state index in [-0.39, 0.29) is 23.7 Å². The molecule has 0 aliphatic heterocycles. The highest BCUT2D eigenvalue weighted by molar-refractivity contribution is 5.88. The van der Waals surface area contributed by atoms with Crippen molar-refractivity contribution in [3.8, 4) is 0 Å². The number of nitrogens with one attached hydrogen (secondary N) is 2. The van der Waals surface area contributed by atoms with Crippen LogP contribution in [0.1, 0.15) is 52.9 Å². The topological polar surface area (TPSA) is 67.4 Å². The van der Waals surface area contributed by atoms with E-state index in [0.29, 0.717) is 19.1 Å². The Morgan fingerprint density at radius 3 is 2.50 bits per heavy atom. The number of hydrogen-bond acceptors (Lipinski definition) is 3. The van der Waals surface area contributed by atoms with Crippen molar-refractivity contribution in [2.75, 3.05) is 20.3 Å². The Morgan fingerprint density at radius 2 is 1.91 bits per heavy atom. The first kappa shape index (κ1) is 18.9. The number of carbonyl (C=O) groups is 2. The predicted octanol–water partition coefficient (Wildman–Crippen LogP) is 2.11. The second-order valence-corrected chi connectivity index (χ2v) is 6.74. The summed E-state index contributed by atoms with van der Waals surface area (Å²) in [6.45, 7) is 7.26.